The Morgan fingerprint density at radius 3 is 2.53 bits per heavy atom. The van der Waals surface area contributed by atoms with Gasteiger partial charge in [0.1, 0.15) is 5.52 Å². The van der Waals surface area contributed by atoms with E-state index in [-0.39, 0.29) is 0 Å². The molecule has 0 aliphatic heterocycles. The zero-order valence-electron chi connectivity index (χ0n) is 9.49. The number of hydrogen-bond donors (Lipinski definition) is 0. The number of aromatic nitrogens is 1. The minimum Gasteiger partial charge on any atom is -0.402 e. The molecule has 0 N–H and O–H groups in total. The molecule has 0 fully saturated rings. The van der Waals surface area contributed by atoms with Gasteiger partial charge < -0.3 is 4.52 Å². The Bertz CT molecular complexity index is 559. The summed E-state index contributed by atoms with van der Waals surface area (Å²) in [5.41, 5.74) is 0.615. The molecule has 0 bridgehead atoms. The molecule has 0 saturated carbocycles. The Morgan fingerprint density at radius 1 is 1.12 bits per heavy atom. The van der Waals surface area contributed by atoms with Crippen LogP contribution in [0.2, 0.25) is 0 Å². The van der Waals surface area contributed by atoms with Crippen LogP contribution in [0.1, 0.15) is 0 Å². The van der Waals surface area contributed by atoms with E-state index in [0.717, 1.165) is 5.39 Å². The van der Waals surface area contributed by atoms with Gasteiger partial charge in [-0.15, -0.1) is 0 Å². The third-order valence-electron chi connectivity index (χ3n) is 2.25. The van der Waals surface area contributed by atoms with E-state index in [2.05, 4.69) is 4.98 Å². The van der Waals surface area contributed by atoms with Gasteiger partial charge in [0, 0.05) is 25.8 Å². The zero-order chi connectivity index (χ0) is 12.3. The van der Waals surface area contributed by atoms with Crippen LogP contribution >= 0.6 is 7.82 Å². The molecule has 6 heteroatoms. The fourth-order valence-electron chi connectivity index (χ4n) is 1.42. The first-order chi connectivity index (χ1) is 8.18. The Balaban J connectivity index is 2.46. The van der Waals surface area contributed by atoms with Crippen LogP contribution in [0.25, 0.3) is 10.9 Å². The zero-order valence-corrected chi connectivity index (χ0v) is 10.4. The summed E-state index contributed by atoms with van der Waals surface area (Å²) in [7, 11) is -1.01. The van der Waals surface area contributed by atoms with Crippen molar-refractivity contribution in [1.29, 1.82) is 0 Å². The number of nitrogens with zero attached hydrogens (tertiary/aromatic N) is 1. The maximum Gasteiger partial charge on any atom is 0.529 e. The fourth-order valence-corrected chi connectivity index (χ4v) is 2.11. The van der Waals surface area contributed by atoms with Crippen LogP contribution in [0.5, 0.6) is 5.75 Å². The van der Waals surface area contributed by atoms with Gasteiger partial charge in [0.25, 0.3) is 0 Å². The van der Waals surface area contributed by atoms with Crippen molar-refractivity contribution in [3.05, 3.63) is 36.5 Å². The molecule has 0 unspecified atom stereocenters. The molecular weight excluding hydrogens is 241 g/mol. The lowest BCUT2D eigenvalue weighted by molar-refractivity contribution is 0.211. The van der Waals surface area contributed by atoms with Crippen molar-refractivity contribution in [2.45, 2.75) is 0 Å². The highest BCUT2D eigenvalue weighted by Gasteiger charge is 2.25. The van der Waals surface area contributed by atoms with Crippen molar-refractivity contribution in [1.82, 2.24) is 4.98 Å². The molecule has 1 heterocycles. The van der Waals surface area contributed by atoms with Gasteiger partial charge in [-0.2, -0.15) is 0 Å². The summed E-state index contributed by atoms with van der Waals surface area (Å²) in [5, 5.41) is 0.892. The number of phosphoric ester groups is 1. The van der Waals surface area contributed by atoms with Gasteiger partial charge in [-0.05, 0) is 12.1 Å². The van der Waals surface area contributed by atoms with Crippen LogP contribution in [-0.4, -0.2) is 19.2 Å². The van der Waals surface area contributed by atoms with Gasteiger partial charge in [0.05, 0.1) is 0 Å². The standard InChI is InChI=1S/C11H12NO4P/c1-14-17(13,15-2)16-10-7-3-5-9-6-4-8-12-11(9)10/h3-8H,1-2H3. The summed E-state index contributed by atoms with van der Waals surface area (Å²) in [4.78, 5) is 4.18. The first-order valence-corrected chi connectivity index (χ1v) is 6.39. The Labute approximate surface area is 99.0 Å². The third kappa shape index (κ3) is 2.47. The van der Waals surface area contributed by atoms with Crippen LogP contribution in [-0.2, 0) is 13.6 Å². The fraction of sp³-hybridized carbons (Fsp3) is 0.182. The lowest BCUT2D eigenvalue weighted by atomic mass is 10.2. The van der Waals surface area contributed by atoms with Gasteiger partial charge in [-0.1, -0.05) is 18.2 Å². The number of pyridine rings is 1. The second-order valence-corrected chi connectivity index (χ2v) is 5.04. The predicted molar refractivity (Wildman–Crippen MR) is 64.0 cm³/mol. The molecule has 2 aromatic rings. The smallest absolute Gasteiger partial charge is 0.402 e. The molecule has 0 aliphatic carbocycles. The van der Waals surface area contributed by atoms with Crippen LogP contribution in [0.15, 0.2) is 36.5 Å². The molecule has 2 rings (SSSR count). The summed E-state index contributed by atoms with van der Waals surface area (Å²) in [6, 6.07) is 9.05. The van der Waals surface area contributed by atoms with Gasteiger partial charge in [0.2, 0.25) is 0 Å². The largest absolute Gasteiger partial charge is 0.529 e. The van der Waals surface area contributed by atoms with Crippen LogP contribution < -0.4 is 4.52 Å². The minimum atomic E-state index is -3.55. The number of rotatable bonds is 4. The number of phosphoric acid groups is 1. The van der Waals surface area contributed by atoms with Crippen LogP contribution in [0.4, 0.5) is 0 Å². The van der Waals surface area contributed by atoms with E-state index in [9.17, 15) is 4.57 Å². The quantitative estimate of drug-likeness (QED) is 0.784. The number of fused-ring (bicyclic) bond motifs is 1. The van der Waals surface area contributed by atoms with Crippen LogP contribution in [0.3, 0.4) is 0 Å². The third-order valence-corrected chi connectivity index (χ3v) is 3.57. The predicted octanol–water partition coefficient (Wildman–Crippen LogP) is 3.01. The average molecular weight is 253 g/mol. The highest BCUT2D eigenvalue weighted by atomic mass is 31.2. The van der Waals surface area contributed by atoms with E-state index in [0.29, 0.717) is 11.3 Å². The number of para-hydroxylation sites is 1. The molecule has 1 aromatic carbocycles. The summed E-state index contributed by atoms with van der Waals surface area (Å²) in [6.07, 6.45) is 1.64. The Kier molecular flexibility index (Phi) is 3.43. The van der Waals surface area contributed by atoms with E-state index >= 15 is 0 Å². The molecule has 17 heavy (non-hydrogen) atoms. The van der Waals surface area contributed by atoms with Crippen molar-refractivity contribution >= 4 is 18.7 Å². The summed E-state index contributed by atoms with van der Waals surface area (Å²) >= 11 is 0. The van der Waals surface area contributed by atoms with Crippen molar-refractivity contribution in [3.63, 3.8) is 0 Å². The monoisotopic (exact) mass is 253 g/mol. The van der Waals surface area contributed by atoms with Crippen molar-refractivity contribution in [2.24, 2.45) is 0 Å². The van der Waals surface area contributed by atoms with E-state index in [4.69, 9.17) is 13.6 Å². The Hall–Kier alpha value is -1.42. The van der Waals surface area contributed by atoms with E-state index < -0.39 is 7.82 Å². The molecule has 5 nitrogen and oxygen atoms in total. The van der Waals surface area contributed by atoms with Gasteiger partial charge >= 0.3 is 7.82 Å². The van der Waals surface area contributed by atoms with Gasteiger partial charge in [0.15, 0.2) is 5.75 Å². The average Bonchev–Trinajstić information content (AvgIpc) is 2.39. The van der Waals surface area contributed by atoms with E-state index in [1.165, 1.54) is 14.2 Å². The first kappa shape index (κ1) is 12.0. The molecule has 0 radical (unpaired) electrons. The molecule has 90 valence electrons. The highest BCUT2D eigenvalue weighted by molar-refractivity contribution is 7.48. The molecule has 1 aromatic heterocycles. The maximum absolute atomic E-state index is 11.9. The van der Waals surface area contributed by atoms with Gasteiger partial charge in [-0.3, -0.25) is 14.0 Å². The molecule has 0 saturated heterocycles. The highest BCUT2D eigenvalue weighted by Crippen LogP contribution is 2.48. The molecule has 0 amide bonds. The number of hydrogen-bond acceptors (Lipinski definition) is 5. The van der Waals surface area contributed by atoms with E-state index in [1.54, 1.807) is 18.3 Å². The van der Waals surface area contributed by atoms with Crippen molar-refractivity contribution < 1.29 is 18.1 Å². The molecule has 0 atom stereocenters. The van der Waals surface area contributed by atoms with Gasteiger partial charge in [-0.25, -0.2) is 4.57 Å². The molecule has 0 aliphatic rings. The summed E-state index contributed by atoms with van der Waals surface area (Å²) in [5.74, 6) is 0.370. The molecular formula is C11H12NO4P. The van der Waals surface area contributed by atoms with Crippen molar-refractivity contribution in [3.8, 4) is 5.75 Å². The lowest BCUT2D eigenvalue weighted by Gasteiger charge is -2.14. The number of benzene rings is 1. The topological polar surface area (TPSA) is 57.7 Å². The maximum atomic E-state index is 11.9. The van der Waals surface area contributed by atoms with Crippen LogP contribution in [0, 0.1) is 0 Å². The molecule has 0 spiro atoms. The second kappa shape index (κ2) is 4.84. The normalized spacial score (nSPS) is 11.6. The Morgan fingerprint density at radius 2 is 1.82 bits per heavy atom. The SMILES string of the molecule is COP(=O)(OC)Oc1cccc2cccnc12. The minimum absolute atomic E-state index is 0.370. The summed E-state index contributed by atoms with van der Waals surface area (Å²) < 4.78 is 26.6. The van der Waals surface area contributed by atoms with E-state index in [1.807, 2.05) is 18.2 Å². The summed E-state index contributed by atoms with van der Waals surface area (Å²) in [6.45, 7) is 0. The van der Waals surface area contributed by atoms with Crippen molar-refractivity contribution in [2.75, 3.05) is 14.2 Å². The lowest BCUT2D eigenvalue weighted by Crippen LogP contribution is -1.98. The first-order valence-electron chi connectivity index (χ1n) is 4.93. The second-order valence-electron chi connectivity index (χ2n) is 3.23.